The van der Waals surface area contributed by atoms with Gasteiger partial charge in [0.1, 0.15) is 0 Å². The van der Waals surface area contributed by atoms with Crippen molar-refractivity contribution >= 4 is 32.9 Å². The van der Waals surface area contributed by atoms with Crippen LogP contribution in [0.3, 0.4) is 0 Å². The van der Waals surface area contributed by atoms with E-state index in [-0.39, 0.29) is 0 Å². The van der Waals surface area contributed by atoms with Gasteiger partial charge in [0, 0.05) is 29.6 Å². The van der Waals surface area contributed by atoms with Crippen LogP contribution in [0.1, 0.15) is 20.3 Å². The molecule has 1 aliphatic rings. The van der Waals surface area contributed by atoms with E-state index in [1.807, 2.05) is 24.3 Å². The highest BCUT2D eigenvalue weighted by Gasteiger charge is 2.23. The molecule has 2 aromatic carbocycles. The maximum absolute atomic E-state index is 12.9. The Morgan fingerprint density at radius 3 is 2.37 bits per heavy atom. The highest BCUT2D eigenvalue weighted by atomic mass is 32.2. The Hall–Kier alpha value is -1.76. The summed E-state index contributed by atoms with van der Waals surface area (Å²) in [5.74, 6) is 1.42. The van der Waals surface area contributed by atoms with E-state index in [0.717, 1.165) is 23.4 Å². The summed E-state index contributed by atoms with van der Waals surface area (Å²) in [6.45, 7) is 6.80. The van der Waals surface area contributed by atoms with Crippen molar-refractivity contribution in [2.45, 2.75) is 30.1 Å². The molecule has 0 saturated carbocycles. The zero-order valence-corrected chi connectivity index (χ0v) is 17.2. The van der Waals surface area contributed by atoms with Gasteiger partial charge in [-0.2, -0.15) is 0 Å². The largest absolute Gasteiger partial charge is 0.268 e. The van der Waals surface area contributed by atoms with E-state index >= 15 is 0 Å². The van der Waals surface area contributed by atoms with Crippen LogP contribution >= 0.6 is 11.9 Å². The fourth-order valence-corrected chi connectivity index (χ4v) is 6.54. The van der Waals surface area contributed by atoms with E-state index in [2.05, 4.69) is 24.2 Å². The lowest BCUT2D eigenvalue weighted by atomic mass is 9.94. The Balaban J connectivity index is 1.62. The molecule has 1 aliphatic heterocycles. The van der Waals surface area contributed by atoms with Crippen LogP contribution in [0.2, 0.25) is 0 Å². The van der Waals surface area contributed by atoms with E-state index in [0.29, 0.717) is 22.2 Å². The molecule has 0 aliphatic carbocycles. The summed E-state index contributed by atoms with van der Waals surface area (Å²) in [5.41, 5.74) is 0.712. The molecule has 1 fully saturated rings. The third kappa shape index (κ3) is 3.79. The van der Waals surface area contributed by atoms with E-state index < -0.39 is 10.0 Å². The van der Waals surface area contributed by atoms with Crippen molar-refractivity contribution < 1.29 is 8.42 Å². The molecule has 0 spiro atoms. The van der Waals surface area contributed by atoms with Crippen LogP contribution in [0.25, 0.3) is 10.9 Å². The molecule has 0 amide bonds. The first-order chi connectivity index (χ1) is 12.9. The zero-order chi connectivity index (χ0) is 19.0. The summed E-state index contributed by atoms with van der Waals surface area (Å²) in [4.78, 5) is 1.45. The highest BCUT2D eigenvalue weighted by Crippen LogP contribution is 2.33. The lowest BCUT2D eigenvalue weighted by Gasteiger charge is -2.33. The molecule has 1 aromatic heterocycles. The Morgan fingerprint density at radius 2 is 1.67 bits per heavy atom. The summed E-state index contributed by atoms with van der Waals surface area (Å²) >= 11 is 1.77. The zero-order valence-electron chi connectivity index (χ0n) is 15.6. The Bertz CT molecular complexity index is 1030. The maximum atomic E-state index is 12.9. The third-order valence-corrected chi connectivity index (χ3v) is 7.72. The second-order valence-corrected chi connectivity index (χ2v) is 10.5. The highest BCUT2D eigenvalue weighted by molar-refractivity contribution is 7.97. The van der Waals surface area contributed by atoms with Gasteiger partial charge in [-0.15, -0.1) is 0 Å². The van der Waals surface area contributed by atoms with Crippen molar-refractivity contribution in [3.8, 4) is 0 Å². The normalized spacial score (nSPS) is 21.6. The molecule has 0 N–H and O–H groups in total. The lowest BCUT2D eigenvalue weighted by molar-refractivity contribution is 0.237. The molecule has 142 valence electrons. The standard InChI is InChI=1S/C21H24N2O2S2/c1-16-12-17(2)15-22(14-16)26-19-8-9-21-18(13-19)10-11-23(21)27(24,25)20-6-4-3-5-7-20/h3-11,13,16-17H,12,14-15H2,1-2H3. The van der Waals surface area contributed by atoms with Crippen molar-refractivity contribution in [2.75, 3.05) is 13.1 Å². The quantitative estimate of drug-likeness (QED) is 0.586. The fraction of sp³-hybridized carbons (Fsp3) is 0.333. The average Bonchev–Trinajstić information content (AvgIpc) is 3.05. The summed E-state index contributed by atoms with van der Waals surface area (Å²) in [6, 6.07) is 16.5. The molecule has 2 atom stereocenters. The van der Waals surface area contributed by atoms with Gasteiger partial charge in [-0.1, -0.05) is 32.0 Å². The molecule has 6 heteroatoms. The van der Waals surface area contributed by atoms with Crippen molar-refractivity contribution in [1.29, 1.82) is 0 Å². The monoisotopic (exact) mass is 400 g/mol. The molecule has 0 bridgehead atoms. The van der Waals surface area contributed by atoms with E-state index in [1.165, 1.54) is 10.4 Å². The smallest absolute Gasteiger partial charge is 0.246 e. The van der Waals surface area contributed by atoms with E-state index in [9.17, 15) is 8.42 Å². The van der Waals surface area contributed by atoms with Gasteiger partial charge in [-0.25, -0.2) is 16.7 Å². The molecular formula is C21H24N2O2S2. The van der Waals surface area contributed by atoms with Crippen LogP contribution in [0.15, 0.2) is 70.6 Å². The van der Waals surface area contributed by atoms with Gasteiger partial charge in [-0.3, -0.25) is 0 Å². The number of benzene rings is 2. The molecule has 27 heavy (non-hydrogen) atoms. The molecule has 2 unspecified atom stereocenters. The predicted molar refractivity (Wildman–Crippen MR) is 111 cm³/mol. The number of nitrogens with zero attached hydrogens (tertiary/aromatic N) is 2. The van der Waals surface area contributed by atoms with Crippen molar-refractivity contribution in [3.63, 3.8) is 0 Å². The van der Waals surface area contributed by atoms with Crippen LogP contribution in [-0.2, 0) is 10.0 Å². The minimum absolute atomic E-state index is 0.303. The Labute approximate surface area is 165 Å². The summed E-state index contributed by atoms with van der Waals surface area (Å²) in [6.07, 6.45) is 2.93. The number of hydrogen-bond donors (Lipinski definition) is 0. The van der Waals surface area contributed by atoms with E-state index in [1.54, 1.807) is 42.4 Å². The minimum atomic E-state index is -3.58. The van der Waals surface area contributed by atoms with Crippen LogP contribution in [0.4, 0.5) is 0 Å². The lowest BCUT2D eigenvalue weighted by Crippen LogP contribution is -2.33. The Morgan fingerprint density at radius 1 is 0.963 bits per heavy atom. The summed E-state index contributed by atoms with van der Waals surface area (Å²) in [5, 5.41) is 0.942. The number of rotatable bonds is 4. The van der Waals surface area contributed by atoms with Crippen molar-refractivity contribution in [2.24, 2.45) is 11.8 Å². The number of aromatic nitrogens is 1. The maximum Gasteiger partial charge on any atom is 0.268 e. The first-order valence-corrected chi connectivity index (χ1v) is 11.5. The third-order valence-electron chi connectivity index (χ3n) is 5.00. The summed E-state index contributed by atoms with van der Waals surface area (Å²) < 4.78 is 29.7. The minimum Gasteiger partial charge on any atom is -0.246 e. The van der Waals surface area contributed by atoms with Gasteiger partial charge in [0.25, 0.3) is 10.0 Å². The number of fused-ring (bicyclic) bond motifs is 1. The van der Waals surface area contributed by atoms with Gasteiger partial charge >= 0.3 is 0 Å². The van der Waals surface area contributed by atoms with Crippen LogP contribution in [-0.4, -0.2) is 29.8 Å². The molecule has 1 saturated heterocycles. The van der Waals surface area contributed by atoms with Gasteiger partial charge in [0.15, 0.2) is 0 Å². The van der Waals surface area contributed by atoms with E-state index in [4.69, 9.17) is 0 Å². The van der Waals surface area contributed by atoms with Crippen LogP contribution < -0.4 is 0 Å². The number of piperidine rings is 1. The molecule has 4 rings (SSSR count). The van der Waals surface area contributed by atoms with Crippen molar-refractivity contribution in [1.82, 2.24) is 8.28 Å². The van der Waals surface area contributed by atoms with Gasteiger partial charge in [-0.05, 0) is 66.6 Å². The topological polar surface area (TPSA) is 42.3 Å². The molecule has 4 nitrogen and oxygen atoms in total. The first kappa shape index (κ1) is 18.6. The van der Waals surface area contributed by atoms with Gasteiger partial charge in [0.2, 0.25) is 0 Å². The molecular weight excluding hydrogens is 376 g/mol. The molecule has 2 heterocycles. The predicted octanol–water partition coefficient (Wildman–Crippen LogP) is 4.86. The van der Waals surface area contributed by atoms with Crippen molar-refractivity contribution in [3.05, 3.63) is 60.8 Å². The molecule has 3 aromatic rings. The second-order valence-electron chi connectivity index (χ2n) is 7.53. The number of hydrogen-bond acceptors (Lipinski definition) is 4. The summed E-state index contributed by atoms with van der Waals surface area (Å²) in [7, 11) is -3.58. The SMILES string of the molecule is CC1CC(C)CN(Sc2ccc3c(ccn3S(=O)(=O)c3ccccc3)c2)C1. The second kappa shape index (κ2) is 7.34. The van der Waals surface area contributed by atoms with Crippen LogP contribution in [0.5, 0.6) is 0 Å². The Kier molecular flexibility index (Phi) is 5.05. The fourth-order valence-electron chi connectivity index (χ4n) is 3.90. The molecule has 0 radical (unpaired) electrons. The van der Waals surface area contributed by atoms with Gasteiger partial charge < -0.3 is 0 Å². The first-order valence-electron chi connectivity index (χ1n) is 9.28. The van der Waals surface area contributed by atoms with Gasteiger partial charge in [0.05, 0.1) is 10.4 Å². The van der Waals surface area contributed by atoms with Crippen LogP contribution in [0, 0.1) is 11.8 Å². The average molecular weight is 401 g/mol.